The lowest BCUT2D eigenvalue weighted by Crippen LogP contribution is -2.26. The minimum atomic E-state index is -0.984. The molecular weight excluding hydrogens is 308 g/mol. The summed E-state index contributed by atoms with van der Waals surface area (Å²) in [6, 6.07) is 0. The highest BCUT2D eigenvalue weighted by molar-refractivity contribution is 6.23. The Morgan fingerprint density at radius 1 is 1.30 bits per heavy atom. The fourth-order valence-electron chi connectivity index (χ4n) is 2.08. The number of hydrogen-bond donors (Lipinski definition) is 1. The number of nitrogens with zero attached hydrogens (tertiary/aromatic N) is 2. The first-order valence-corrected chi connectivity index (χ1v) is 6.44. The highest BCUT2D eigenvalue weighted by Gasteiger charge is 2.39. The number of rotatable bonds is 4. The van der Waals surface area contributed by atoms with Gasteiger partial charge in [-0.05, 0) is 0 Å². The fraction of sp³-hybridized carbons (Fsp3) is 0.286. The Bertz CT molecular complexity index is 742. The summed E-state index contributed by atoms with van der Waals surface area (Å²) in [6.07, 6.45) is 4.57. The molecule has 0 spiro atoms. The molecule has 2 rings (SSSR count). The number of methoxy groups -OCH3 is 2. The smallest absolute Gasteiger partial charge is 0.379 e. The van der Waals surface area contributed by atoms with Crippen molar-refractivity contribution in [2.75, 3.05) is 20.8 Å². The van der Waals surface area contributed by atoms with Crippen molar-refractivity contribution in [1.82, 2.24) is 4.57 Å². The van der Waals surface area contributed by atoms with Gasteiger partial charge in [0.05, 0.1) is 21.3 Å². The Morgan fingerprint density at radius 2 is 1.96 bits per heavy atom. The Kier molecular flexibility index (Phi) is 4.49. The van der Waals surface area contributed by atoms with E-state index >= 15 is 0 Å². The SMILES string of the molecule is COC(=O)/C(C1=C(O)COC1=O)=C(/C(=O)OC)n1cc[n+](C)c1. The van der Waals surface area contributed by atoms with E-state index in [0.29, 0.717) is 0 Å². The summed E-state index contributed by atoms with van der Waals surface area (Å²) >= 11 is 0. The summed E-state index contributed by atoms with van der Waals surface area (Å²) in [6.45, 7) is -0.386. The van der Waals surface area contributed by atoms with Gasteiger partial charge in [0.15, 0.2) is 0 Å². The molecule has 0 unspecified atom stereocenters. The summed E-state index contributed by atoms with van der Waals surface area (Å²) in [5, 5.41) is 9.85. The predicted molar refractivity (Wildman–Crippen MR) is 73.5 cm³/mol. The van der Waals surface area contributed by atoms with Gasteiger partial charge in [-0.25, -0.2) is 19.0 Å². The number of carbonyl (C=O) groups is 3. The van der Waals surface area contributed by atoms with Gasteiger partial charge in [-0.3, -0.25) is 0 Å². The normalized spacial score (nSPS) is 15.2. The molecule has 0 aliphatic carbocycles. The fourth-order valence-corrected chi connectivity index (χ4v) is 2.08. The first-order valence-electron chi connectivity index (χ1n) is 6.44. The van der Waals surface area contributed by atoms with Crippen LogP contribution in [0.2, 0.25) is 0 Å². The molecule has 2 heterocycles. The minimum Gasteiger partial charge on any atom is -0.508 e. The molecule has 0 saturated heterocycles. The molecule has 1 aromatic heterocycles. The number of aliphatic hydroxyl groups excluding tert-OH is 1. The zero-order valence-corrected chi connectivity index (χ0v) is 12.7. The number of aryl methyl sites for hydroxylation is 1. The molecule has 9 heteroatoms. The van der Waals surface area contributed by atoms with Crippen LogP contribution in [0.1, 0.15) is 0 Å². The lowest BCUT2D eigenvalue weighted by Gasteiger charge is -2.09. The van der Waals surface area contributed by atoms with Gasteiger partial charge in [0.25, 0.3) is 0 Å². The van der Waals surface area contributed by atoms with Gasteiger partial charge in [-0.15, -0.1) is 0 Å². The zero-order valence-electron chi connectivity index (χ0n) is 12.7. The summed E-state index contributed by atoms with van der Waals surface area (Å²) in [7, 11) is 3.91. The van der Waals surface area contributed by atoms with Crippen LogP contribution in [0, 0.1) is 0 Å². The monoisotopic (exact) mass is 323 g/mol. The molecular formula is C14H15N2O7+. The van der Waals surface area contributed by atoms with Crippen molar-refractivity contribution in [3.8, 4) is 0 Å². The Hall–Kier alpha value is -3.10. The van der Waals surface area contributed by atoms with E-state index in [4.69, 9.17) is 4.74 Å². The van der Waals surface area contributed by atoms with Crippen molar-refractivity contribution in [3.05, 3.63) is 35.6 Å². The number of aliphatic hydroxyl groups is 1. The van der Waals surface area contributed by atoms with E-state index in [1.165, 1.54) is 17.1 Å². The standard InChI is InChI=1S/C14H14N2O7/c1-15-4-5-16(7-15)11(14(20)22-3)10(12(18)21-2)9-8(17)6-23-13(9)19/h4-5,7H,6H2,1-3H3/p+1. The highest BCUT2D eigenvalue weighted by atomic mass is 16.6. The van der Waals surface area contributed by atoms with Gasteiger partial charge in [-0.1, -0.05) is 0 Å². The van der Waals surface area contributed by atoms with Gasteiger partial charge in [0.2, 0.25) is 12.0 Å². The molecule has 0 radical (unpaired) electrons. The van der Waals surface area contributed by atoms with Gasteiger partial charge in [-0.2, -0.15) is 4.57 Å². The van der Waals surface area contributed by atoms with E-state index in [1.807, 2.05) is 0 Å². The maximum absolute atomic E-state index is 12.2. The lowest BCUT2D eigenvalue weighted by atomic mass is 10.0. The van der Waals surface area contributed by atoms with E-state index in [-0.39, 0.29) is 12.3 Å². The number of aromatic nitrogens is 2. The molecule has 1 aliphatic rings. The van der Waals surface area contributed by atoms with E-state index in [9.17, 15) is 19.5 Å². The predicted octanol–water partition coefficient (Wildman–Crippen LogP) is -0.761. The second-order valence-corrected chi connectivity index (χ2v) is 4.59. The van der Waals surface area contributed by atoms with Crippen LogP contribution in [-0.2, 0) is 35.6 Å². The molecule has 23 heavy (non-hydrogen) atoms. The van der Waals surface area contributed by atoms with Crippen molar-refractivity contribution < 1.29 is 38.3 Å². The van der Waals surface area contributed by atoms with Gasteiger partial charge < -0.3 is 19.3 Å². The van der Waals surface area contributed by atoms with Crippen molar-refractivity contribution in [2.45, 2.75) is 0 Å². The van der Waals surface area contributed by atoms with E-state index < -0.39 is 34.8 Å². The Balaban J connectivity index is 2.80. The lowest BCUT2D eigenvalue weighted by molar-refractivity contribution is -0.670. The van der Waals surface area contributed by atoms with Crippen LogP contribution in [0.25, 0.3) is 5.70 Å². The number of ether oxygens (including phenoxy) is 3. The zero-order chi connectivity index (χ0) is 17.1. The number of hydrogen-bond acceptors (Lipinski definition) is 7. The molecule has 0 bridgehead atoms. The first-order chi connectivity index (χ1) is 10.9. The highest BCUT2D eigenvalue weighted by Crippen LogP contribution is 2.28. The van der Waals surface area contributed by atoms with Crippen molar-refractivity contribution >= 4 is 23.6 Å². The van der Waals surface area contributed by atoms with Gasteiger partial charge in [0, 0.05) is 0 Å². The molecule has 1 aliphatic heterocycles. The molecule has 0 atom stereocenters. The van der Waals surface area contributed by atoms with Crippen molar-refractivity contribution in [2.24, 2.45) is 7.05 Å². The molecule has 1 aromatic rings. The molecule has 9 nitrogen and oxygen atoms in total. The maximum Gasteiger partial charge on any atom is 0.379 e. The molecule has 1 N–H and O–H groups in total. The van der Waals surface area contributed by atoms with E-state index in [2.05, 4.69) is 9.47 Å². The largest absolute Gasteiger partial charge is 0.508 e. The minimum absolute atomic E-state index is 0.277. The molecule has 0 amide bonds. The van der Waals surface area contributed by atoms with E-state index in [1.54, 1.807) is 17.8 Å². The Labute approximate surface area is 131 Å². The van der Waals surface area contributed by atoms with Gasteiger partial charge in [0.1, 0.15) is 35.9 Å². The van der Waals surface area contributed by atoms with Crippen LogP contribution in [0.4, 0.5) is 0 Å². The topological polar surface area (TPSA) is 108 Å². The molecule has 0 fully saturated rings. The molecule has 0 saturated carbocycles. The number of carbonyl (C=O) groups excluding carboxylic acids is 3. The third kappa shape index (κ3) is 2.93. The van der Waals surface area contributed by atoms with Crippen LogP contribution >= 0.6 is 0 Å². The van der Waals surface area contributed by atoms with Crippen LogP contribution < -0.4 is 4.57 Å². The number of imidazole rings is 1. The second-order valence-electron chi connectivity index (χ2n) is 4.59. The summed E-state index contributed by atoms with van der Waals surface area (Å²) in [5.41, 5.74) is -1.13. The van der Waals surface area contributed by atoms with Crippen molar-refractivity contribution in [3.63, 3.8) is 0 Å². The Morgan fingerprint density at radius 3 is 2.39 bits per heavy atom. The summed E-state index contributed by atoms with van der Waals surface area (Å²) < 4.78 is 16.9. The molecule has 122 valence electrons. The number of cyclic esters (lactones) is 1. The summed E-state index contributed by atoms with van der Waals surface area (Å²) in [5.74, 6) is -3.27. The van der Waals surface area contributed by atoms with Crippen LogP contribution in [0.15, 0.2) is 35.6 Å². The quantitative estimate of drug-likeness (QED) is 0.336. The average Bonchev–Trinajstić information content (AvgIpc) is 3.10. The van der Waals surface area contributed by atoms with E-state index in [0.717, 1.165) is 14.2 Å². The van der Waals surface area contributed by atoms with Crippen LogP contribution in [0.3, 0.4) is 0 Å². The van der Waals surface area contributed by atoms with Gasteiger partial charge >= 0.3 is 17.9 Å². The number of esters is 3. The average molecular weight is 323 g/mol. The summed E-state index contributed by atoms with van der Waals surface area (Å²) in [4.78, 5) is 36.2. The van der Waals surface area contributed by atoms with Crippen molar-refractivity contribution in [1.29, 1.82) is 0 Å². The van der Waals surface area contributed by atoms with Crippen LogP contribution in [-0.4, -0.2) is 48.4 Å². The first kappa shape index (κ1) is 16.3. The molecule has 0 aromatic carbocycles. The maximum atomic E-state index is 12.2. The third-order valence-corrected chi connectivity index (χ3v) is 3.11. The third-order valence-electron chi connectivity index (χ3n) is 3.11. The van der Waals surface area contributed by atoms with Crippen LogP contribution in [0.5, 0.6) is 0 Å². The second kappa shape index (κ2) is 6.34.